The van der Waals surface area contributed by atoms with Crippen molar-refractivity contribution in [1.82, 2.24) is 9.97 Å². The Morgan fingerprint density at radius 3 is 2.72 bits per heavy atom. The van der Waals surface area contributed by atoms with Crippen LogP contribution in [0.25, 0.3) is 16.3 Å². The summed E-state index contributed by atoms with van der Waals surface area (Å²) >= 11 is 4.97. The van der Waals surface area contributed by atoms with Gasteiger partial charge in [0.25, 0.3) is 5.91 Å². The molecule has 6 nitrogen and oxygen atoms in total. The molecule has 0 aliphatic heterocycles. The number of aromatic nitrogens is 2. The smallest absolute Gasteiger partial charge is 0.253 e. The predicted octanol–water partition coefficient (Wildman–Crippen LogP) is 5.72. The second-order valence-electron chi connectivity index (χ2n) is 6.84. The third-order valence-corrected chi connectivity index (χ3v) is 6.26. The van der Waals surface area contributed by atoms with Crippen LogP contribution in [-0.2, 0) is 11.3 Å². The number of hydrogen-bond acceptors (Lipinski definition) is 6. The Balaban J connectivity index is 1.65. The van der Waals surface area contributed by atoms with Crippen LogP contribution in [-0.4, -0.2) is 30.1 Å². The molecule has 0 bridgehead atoms. The highest BCUT2D eigenvalue weighted by Gasteiger charge is 2.19. The molecule has 4 aromatic rings. The van der Waals surface area contributed by atoms with Crippen LogP contribution in [0.1, 0.15) is 11.1 Å². The van der Waals surface area contributed by atoms with E-state index in [0.717, 1.165) is 25.8 Å². The van der Waals surface area contributed by atoms with E-state index in [1.54, 1.807) is 43.7 Å². The lowest BCUT2D eigenvalue weighted by atomic mass is 10.2. The van der Waals surface area contributed by atoms with Gasteiger partial charge in [-0.3, -0.25) is 14.7 Å². The highest BCUT2D eigenvalue weighted by molar-refractivity contribution is 9.10. The Morgan fingerprint density at radius 2 is 1.97 bits per heavy atom. The summed E-state index contributed by atoms with van der Waals surface area (Å²) < 4.78 is 12.6. The van der Waals surface area contributed by atoms with Crippen molar-refractivity contribution >= 4 is 54.6 Å². The summed E-state index contributed by atoms with van der Waals surface area (Å²) in [4.78, 5) is 23.8. The molecular weight excluding hydrogens is 490 g/mol. The van der Waals surface area contributed by atoms with Crippen molar-refractivity contribution < 1.29 is 14.3 Å². The SMILES string of the molecule is COc1ccc(/C=C/C(=O)N(Cc2cccnc2)c2nc3ccc(Br)cc3s2)cc1OC. The number of hydrogen-bond donors (Lipinski definition) is 0. The van der Waals surface area contributed by atoms with Gasteiger partial charge in [-0.25, -0.2) is 4.98 Å². The molecule has 162 valence electrons. The van der Waals surface area contributed by atoms with Gasteiger partial charge in [0, 0.05) is 22.9 Å². The largest absolute Gasteiger partial charge is 0.493 e. The first kappa shape index (κ1) is 22.0. The van der Waals surface area contributed by atoms with Crippen molar-refractivity contribution in [2.24, 2.45) is 0 Å². The van der Waals surface area contributed by atoms with Crippen molar-refractivity contribution in [2.75, 3.05) is 19.1 Å². The molecule has 0 spiro atoms. The number of fused-ring (bicyclic) bond motifs is 1. The van der Waals surface area contributed by atoms with E-state index in [0.29, 0.717) is 23.2 Å². The Hall–Kier alpha value is -3.23. The number of methoxy groups -OCH3 is 2. The number of thiazole rings is 1. The van der Waals surface area contributed by atoms with Crippen LogP contribution >= 0.6 is 27.3 Å². The van der Waals surface area contributed by atoms with E-state index < -0.39 is 0 Å². The fourth-order valence-electron chi connectivity index (χ4n) is 3.13. The number of carbonyl (C=O) groups is 1. The molecule has 0 N–H and O–H groups in total. The summed E-state index contributed by atoms with van der Waals surface area (Å²) in [6, 6.07) is 15.2. The number of benzene rings is 2. The average molecular weight is 510 g/mol. The van der Waals surface area contributed by atoms with Gasteiger partial charge in [-0.1, -0.05) is 39.4 Å². The van der Waals surface area contributed by atoms with Crippen LogP contribution in [0.15, 0.2) is 71.5 Å². The van der Waals surface area contributed by atoms with Crippen molar-refractivity contribution in [3.8, 4) is 11.5 Å². The lowest BCUT2D eigenvalue weighted by Gasteiger charge is -2.18. The highest BCUT2D eigenvalue weighted by atomic mass is 79.9. The monoisotopic (exact) mass is 509 g/mol. The quantitative estimate of drug-likeness (QED) is 0.298. The highest BCUT2D eigenvalue weighted by Crippen LogP contribution is 2.32. The number of amides is 1. The maximum absolute atomic E-state index is 13.3. The van der Waals surface area contributed by atoms with E-state index in [1.807, 2.05) is 48.5 Å². The number of halogens is 1. The minimum absolute atomic E-state index is 0.179. The number of carbonyl (C=O) groups excluding carboxylic acids is 1. The van der Waals surface area contributed by atoms with Gasteiger partial charge in [-0.05, 0) is 53.6 Å². The van der Waals surface area contributed by atoms with E-state index in [-0.39, 0.29) is 5.91 Å². The average Bonchev–Trinajstić information content (AvgIpc) is 3.24. The summed E-state index contributed by atoms with van der Waals surface area (Å²) in [5, 5.41) is 0.629. The lowest BCUT2D eigenvalue weighted by Crippen LogP contribution is -2.28. The van der Waals surface area contributed by atoms with Crippen LogP contribution in [0, 0.1) is 0 Å². The van der Waals surface area contributed by atoms with Gasteiger partial charge in [0.2, 0.25) is 0 Å². The Morgan fingerprint density at radius 1 is 1.12 bits per heavy atom. The molecule has 0 atom stereocenters. The number of anilines is 1. The molecule has 0 unspecified atom stereocenters. The van der Waals surface area contributed by atoms with E-state index in [1.165, 1.54) is 11.3 Å². The minimum atomic E-state index is -0.179. The van der Waals surface area contributed by atoms with Gasteiger partial charge in [0.05, 0.1) is 31.0 Å². The zero-order valence-corrected chi connectivity index (χ0v) is 19.9. The molecule has 8 heteroatoms. The summed E-state index contributed by atoms with van der Waals surface area (Å²) in [7, 11) is 3.17. The molecule has 0 saturated carbocycles. The number of nitrogens with zero attached hydrogens (tertiary/aromatic N) is 3. The van der Waals surface area contributed by atoms with E-state index in [2.05, 4.69) is 25.9 Å². The van der Waals surface area contributed by atoms with Crippen molar-refractivity contribution in [1.29, 1.82) is 0 Å². The van der Waals surface area contributed by atoms with Crippen LogP contribution in [0.2, 0.25) is 0 Å². The summed E-state index contributed by atoms with van der Waals surface area (Å²) in [5.41, 5.74) is 2.59. The summed E-state index contributed by atoms with van der Waals surface area (Å²) in [5.74, 6) is 1.06. The molecule has 0 radical (unpaired) electrons. The van der Waals surface area contributed by atoms with Crippen LogP contribution < -0.4 is 14.4 Å². The number of ether oxygens (including phenoxy) is 2. The zero-order valence-electron chi connectivity index (χ0n) is 17.5. The van der Waals surface area contributed by atoms with Gasteiger partial charge in [-0.2, -0.15) is 0 Å². The van der Waals surface area contributed by atoms with E-state index >= 15 is 0 Å². The molecule has 0 saturated heterocycles. The molecule has 2 aromatic carbocycles. The minimum Gasteiger partial charge on any atom is -0.493 e. The third kappa shape index (κ3) is 4.98. The maximum Gasteiger partial charge on any atom is 0.253 e. The molecule has 4 rings (SSSR count). The first-order chi connectivity index (χ1) is 15.6. The number of pyridine rings is 1. The van der Waals surface area contributed by atoms with Gasteiger partial charge >= 0.3 is 0 Å². The van der Waals surface area contributed by atoms with E-state index in [9.17, 15) is 4.79 Å². The topological polar surface area (TPSA) is 64.5 Å². The van der Waals surface area contributed by atoms with Crippen LogP contribution in [0.3, 0.4) is 0 Å². The lowest BCUT2D eigenvalue weighted by molar-refractivity contribution is -0.114. The third-order valence-electron chi connectivity index (χ3n) is 4.73. The van der Waals surface area contributed by atoms with Gasteiger partial charge < -0.3 is 9.47 Å². The Labute approximate surface area is 198 Å². The summed E-state index contributed by atoms with van der Waals surface area (Å²) in [6.45, 7) is 0.365. The normalized spacial score (nSPS) is 11.1. The predicted molar refractivity (Wildman–Crippen MR) is 131 cm³/mol. The van der Waals surface area contributed by atoms with Gasteiger partial charge in [-0.15, -0.1) is 0 Å². The van der Waals surface area contributed by atoms with E-state index in [4.69, 9.17) is 9.47 Å². The molecular formula is C24H20BrN3O3S. The fourth-order valence-corrected chi connectivity index (χ4v) is 4.65. The van der Waals surface area contributed by atoms with Crippen molar-refractivity contribution in [2.45, 2.75) is 6.54 Å². The fraction of sp³-hybridized carbons (Fsp3) is 0.125. The van der Waals surface area contributed by atoms with Gasteiger partial charge in [0.1, 0.15) is 0 Å². The van der Waals surface area contributed by atoms with Gasteiger partial charge in [0.15, 0.2) is 16.6 Å². The molecule has 2 heterocycles. The second kappa shape index (κ2) is 9.93. The first-order valence-corrected chi connectivity index (χ1v) is 11.3. The molecule has 0 fully saturated rings. The Bertz CT molecular complexity index is 1270. The first-order valence-electron chi connectivity index (χ1n) is 9.74. The molecule has 0 aliphatic rings. The number of rotatable bonds is 7. The van der Waals surface area contributed by atoms with Crippen LogP contribution in [0.5, 0.6) is 11.5 Å². The maximum atomic E-state index is 13.3. The molecule has 0 aliphatic carbocycles. The molecule has 32 heavy (non-hydrogen) atoms. The molecule has 2 aromatic heterocycles. The van der Waals surface area contributed by atoms with Crippen molar-refractivity contribution in [3.05, 3.63) is 82.6 Å². The second-order valence-corrected chi connectivity index (χ2v) is 8.77. The Kier molecular flexibility index (Phi) is 6.82. The van der Waals surface area contributed by atoms with Crippen molar-refractivity contribution in [3.63, 3.8) is 0 Å². The van der Waals surface area contributed by atoms with Crippen LogP contribution in [0.4, 0.5) is 5.13 Å². The standard InChI is InChI=1S/C24H20BrN3O3S/c1-30-20-9-5-16(12-21(20)31-2)6-10-23(29)28(15-17-4-3-11-26-14-17)24-27-19-8-7-18(25)13-22(19)32-24/h3-14H,15H2,1-2H3/b10-6+. The summed E-state index contributed by atoms with van der Waals surface area (Å²) in [6.07, 6.45) is 6.76. The zero-order chi connectivity index (χ0) is 22.5. The molecule has 1 amide bonds.